The highest BCUT2D eigenvalue weighted by Crippen LogP contribution is 2.36. The van der Waals surface area contributed by atoms with Gasteiger partial charge in [-0.25, -0.2) is 15.0 Å². The lowest BCUT2D eigenvalue weighted by atomic mass is 10.3. The second-order valence-electron chi connectivity index (χ2n) is 5.81. The first-order valence-corrected chi connectivity index (χ1v) is 8.62. The van der Waals surface area contributed by atoms with E-state index < -0.39 is 4.92 Å². The number of anilines is 3. The highest BCUT2D eigenvalue weighted by atomic mass is 35.5. The molecule has 0 atom stereocenters. The maximum Gasteiger partial charge on any atom is 0.354 e. The van der Waals surface area contributed by atoms with E-state index in [1.807, 2.05) is 12.1 Å². The third kappa shape index (κ3) is 4.13. The largest absolute Gasteiger partial charge is 0.354 e. The van der Waals surface area contributed by atoms with Crippen LogP contribution in [-0.2, 0) is 0 Å². The first kappa shape index (κ1) is 18.6. The highest BCUT2D eigenvalue weighted by Gasteiger charge is 2.26. The van der Waals surface area contributed by atoms with E-state index in [0.717, 1.165) is 26.2 Å². The van der Waals surface area contributed by atoms with E-state index in [0.29, 0.717) is 10.7 Å². The number of nitrogens with zero attached hydrogens (tertiary/aromatic N) is 5. The van der Waals surface area contributed by atoms with E-state index in [1.54, 1.807) is 18.2 Å². The summed E-state index contributed by atoms with van der Waals surface area (Å²) in [6.07, 6.45) is 1.26. The van der Waals surface area contributed by atoms with Crippen LogP contribution in [0.25, 0.3) is 0 Å². The maximum absolute atomic E-state index is 11.6. The number of hydrazine groups is 1. The summed E-state index contributed by atoms with van der Waals surface area (Å²) in [4.78, 5) is 21.3. The Hall–Kier alpha value is -2.20. The lowest BCUT2D eigenvalue weighted by Gasteiger charge is -2.32. The summed E-state index contributed by atoms with van der Waals surface area (Å²) in [7, 11) is 2.03. The molecular weight excluding hydrogens is 381 g/mol. The van der Waals surface area contributed by atoms with E-state index in [9.17, 15) is 10.1 Å². The van der Waals surface area contributed by atoms with Crippen molar-refractivity contribution >= 4 is 46.2 Å². The van der Waals surface area contributed by atoms with Gasteiger partial charge in [0, 0.05) is 26.2 Å². The topological polar surface area (TPSA) is 99.5 Å². The standard InChI is InChI=1S/C15H17Cl2N7O2/c1-22-5-7-23(8-6-22)21-15-13(24(25)26)14(18-9-19-15)20-11-4-2-3-10(16)12(11)17/h2-4,9H,5-8H2,1H3,(H2,18,19,20,21). The third-order valence-electron chi connectivity index (χ3n) is 3.98. The summed E-state index contributed by atoms with van der Waals surface area (Å²) in [6, 6.07) is 4.98. The number of nitrogens with one attached hydrogen (secondary N) is 2. The number of nitro groups is 1. The number of rotatable bonds is 5. The van der Waals surface area contributed by atoms with Crippen molar-refractivity contribution in [2.45, 2.75) is 0 Å². The summed E-state index contributed by atoms with van der Waals surface area (Å²) >= 11 is 12.1. The van der Waals surface area contributed by atoms with E-state index >= 15 is 0 Å². The fraction of sp³-hybridized carbons (Fsp3) is 0.333. The van der Waals surface area contributed by atoms with Gasteiger partial charge in [0.2, 0.25) is 11.6 Å². The molecule has 2 aromatic rings. The molecular formula is C15H17Cl2N7O2. The monoisotopic (exact) mass is 397 g/mol. The number of hydrogen-bond donors (Lipinski definition) is 2. The van der Waals surface area contributed by atoms with Crippen molar-refractivity contribution < 1.29 is 4.92 Å². The molecule has 0 bridgehead atoms. The van der Waals surface area contributed by atoms with Crippen LogP contribution >= 0.6 is 23.2 Å². The average Bonchev–Trinajstić information content (AvgIpc) is 2.61. The first-order chi connectivity index (χ1) is 12.5. The van der Waals surface area contributed by atoms with Crippen LogP contribution in [0, 0.1) is 10.1 Å². The zero-order valence-electron chi connectivity index (χ0n) is 13.9. The van der Waals surface area contributed by atoms with Gasteiger partial charge in [0.1, 0.15) is 6.33 Å². The molecule has 0 unspecified atom stereocenters. The Labute approximate surface area is 160 Å². The molecule has 0 amide bonds. The lowest BCUT2D eigenvalue weighted by Crippen LogP contribution is -2.47. The quantitative estimate of drug-likeness (QED) is 0.586. The zero-order chi connectivity index (χ0) is 18.7. The average molecular weight is 398 g/mol. The molecule has 138 valence electrons. The van der Waals surface area contributed by atoms with Gasteiger partial charge in [-0.05, 0) is 19.2 Å². The van der Waals surface area contributed by atoms with Crippen LogP contribution in [0.4, 0.5) is 23.0 Å². The minimum atomic E-state index is -0.529. The van der Waals surface area contributed by atoms with E-state index in [-0.39, 0.29) is 22.3 Å². The Morgan fingerprint density at radius 1 is 1.15 bits per heavy atom. The molecule has 1 saturated heterocycles. The Morgan fingerprint density at radius 3 is 2.54 bits per heavy atom. The van der Waals surface area contributed by atoms with Crippen molar-refractivity contribution in [3.63, 3.8) is 0 Å². The summed E-state index contributed by atoms with van der Waals surface area (Å²) in [5.41, 5.74) is 3.18. The Bertz CT molecular complexity index is 813. The molecule has 2 heterocycles. The van der Waals surface area contributed by atoms with E-state index in [2.05, 4.69) is 25.6 Å². The van der Waals surface area contributed by atoms with Gasteiger partial charge in [-0.3, -0.25) is 15.5 Å². The third-order valence-corrected chi connectivity index (χ3v) is 4.80. The van der Waals surface area contributed by atoms with Crippen molar-refractivity contribution in [2.24, 2.45) is 0 Å². The normalized spacial score (nSPS) is 15.7. The summed E-state index contributed by atoms with van der Waals surface area (Å²) in [6.45, 7) is 3.16. The number of halogens is 2. The number of hydrogen-bond acceptors (Lipinski definition) is 8. The molecule has 11 heteroatoms. The molecule has 0 spiro atoms. The molecule has 26 heavy (non-hydrogen) atoms. The van der Waals surface area contributed by atoms with Crippen LogP contribution in [0.15, 0.2) is 24.5 Å². The minimum Gasteiger partial charge on any atom is -0.333 e. The molecule has 0 radical (unpaired) electrons. The SMILES string of the molecule is CN1CCN(Nc2ncnc(Nc3cccc(Cl)c3Cl)c2[N+](=O)[O-])CC1. The molecule has 0 aliphatic carbocycles. The van der Waals surface area contributed by atoms with Crippen LogP contribution in [-0.4, -0.2) is 58.0 Å². The van der Waals surface area contributed by atoms with Gasteiger partial charge < -0.3 is 10.2 Å². The smallest absolute Gasteiger partial charge is 0.333 e. The van der Waals surface area contributed by atoms with E-state index in [4.69, 9.17) is 23.2 Å². The Kier molecular flexibility index (Phi) is 5.72. The molecule has 1 aromatic carbocycles. The summed E-state index contributed by atoms with van der Waals surface area (Å²) < 4.78 is 0. The maximum atomic E-state index is 11.6. The summed E-state index contributed by atoms with van der Waals surface area (Å²) in [5, 5.41) is 17.0. The fourth-order valence-corrected chi connectivity index (χ4v) is 2.87. The summed E-state index contributed by atoms with van der Waals surface area (Å²) in [5.74, 6) is 0.154. The number of likely N-dealkylation sites (N-methyl/N-ethyl adjacent to an activating group) is 1. The van der Waals surface area contributed by atoms with E-state index in [1.165, 1.54) is 6.33 Å². The molecule has 3 rings (SSSR count). The highest BCUT2D eigenvalue weighted by molar-refractivity contribution is 6.43. The fourth-order valence-electron chi connectivity index (χ4n) is 2.52. The van der Waals surface area contributed by atoms with Gasteiger partial charge >= 0.3 is 5.69 Å². The molecule has 1 aliphatic rings. The van der Waals surface area contributed by atoms with Crippen LogP contribution in [0.2, 0.25) is 10.0 Å². The molecule has 1 aliphatic heterocycles. The van der Waals surface area contributed by atoms with Crippen LogP contribution in [0.1, 0.15) is 0 Å². The van der Waals surface area contributed by atoms with Crippen molar-refractivity contribution in [2.75, 3.05) is 44.0 Å². The van der Waals surface area contributed by atoms with Crippen LogP contribution < -0.4 is 10.7 Å². The van der Waals surface area contributed by atoms with Gasteiger partial charge in [-0.15, -0.1) is 0 Å². The van der Waals surface area contributed by atoms with Crippen molar-refractivity contribution in [3.8, 4) is 0 Å². The predicted octanol–water partition coefficient (Wildman–Crippen LogP) is 3.01. The second-order valence-corrected chi connectivity index (χ2v) is 6.59. The Morgan fingerprint density at radius 2 is 1.85 bits per heavy atom. The molecule has 9 nitrogen and oxygen atoms in total. The molecule has 0 saturated carbocycles. The van der Waals surface area contributed by atoms with Crippen LogP contribution in [0.5, 0.6) is 0 Å². The molecule has 2 N–H and O–H groups in total. The number of benzene rings is 1. The number of aromatic nitrogens is 2. The molecule has 1 aromatic heterocycles. The second kappa shape index (κ2) is 8.00. The van der Waals surface area contributed by atoms with Gasteiger partial charge in [0.05, 0.1) is 20.7 Å². The lowest BCUT2D eigenvalue weighted by molar-refractivity contribution is -0.383. The van der Waals surface area contributed by atoms with Gasteiger partial charge in [0.15, 0.2) is 0 Å². The number of piperazine rings is 1. The van der Waals surface area contributed by atoms with Crippen molar-refractivity contribution in [1.82, 2.24) is 19.9 Å². The zero-order valence-corrected chi connectivity index (χ0v) is 15.5. The predicted molar refractivity (Wildman–Crippen MR) is 101 cm³/mol. The Balaban J connectivity index is 1.89. The van der Waals surface area contributed by atoms with Gasteiger partial charge in [0.25, 0.3) is 0 Å². The van der Waals surface area contributed by atoms with Crippen molar-refractivity contribution in [3.05, 3.63) is 44.7 Å². The van der Waals surface area contributed by atoms with Gasteiger partial charge in [-0.1, -0.05) is 29.3 Å². The molecule has 1 fully saturated rings. The minimum absolute atomic E-state index is 0.0331. The van der Waals surface area contributed by atoms with Crippen LogP contribution in [0.3, 0.4) is 0 Å². The van der Waals surface area contributed by atoms with Crippen molar-refractivity contribution in [1.29, 1.82) is 0 Å². The first-order valence-electron chi connectivity index (χ1n) is 7.86. The van der Waals surface area contributed by atoms with Gasteiger partial charge in [-0.2, -0.15) is 0 Å².